The normalized spacial score (nSPS) is 16.7. The summed E-state index contributed by atoms with van der Waals surface area (Å²) in [5.41, 5.74) is 2.77. The molecule has 1 aromatic heterocycles. The van der Waals surface area contributed by atoms with E-state index < -0.39 is 0 Å². The second kappa shape index (κ2) is 7.17. The van der Waals surface area contributed by atoms with Gasteiger partial charge in [-0.25, -0.2) is 9.78 Å². The van der Waals surface area contributed by atoms with Gasteiger partial charge in [0, 0.05) is 23.7 Å². The first-order chi connectivity index (χ1) is 13.0. The van der Waals surface area contributed by atoms with Gasteiger partial charge < -0.3 is 10.2 Å². The summed E-state index contributed by atoms with van der Waals surface area (Å²) in [5.74, 6) is -0.0296. The van der Waals surface area contributed by atoms with Crippen LogP contribution in [0.5, 0.6) is 0 Å². The van der Waals surface area contributed by atoms with Gasteiger partial charge in [-0.2, -0.15) is 0 Å². The Hall–Kier alpha value is -2.64. The summed E-state index contributed by atoms with van der Waals surface area (Å²) in [6.45, 7) is 2.44. The molecular weight excluding hydrogens is 384 g/mol. The molecule has 4 rings (SSSR count). The van der Waals surface area contributed by atoms with Crippen LogP contribution in [-0.2, 0) is 4.79 Å². The maximum atomic E-state index is 12.3. The molecule has 0 spiro atoms. The van der Waals surface area contributed by atoms with Crippen molar-refractivity contribution in [2.45, 2.75) is 19.4 Å². The average Bonchev–Trinajstić information content (AvgIpc) is 3.17. The van der Waals surface area contributed by atoms with Gasteiger partial charge in [0.25, 0.3) is 0 Å². The van der Waals surface area contributed by atoms with Gasteiger partial charge in [-0.05, 0) is 48.9 Å². The van der Waals surface area contributed by atoms with Gasteiger partial charge >= 0.3 is 6.03 Å². The standard InChI is InChI=1S/C19H17ClN4O2S/c1-11-2-7-15-16(8-11)27-19(22-15)23-18(26)21-13-9-17(25)24(10-13)14-5-3-12(20)4-6-14/h2-8,13H,9-10H2,1H3,(H2,21,22,23,26)/t13-/m1/s1. The topological polar surface area (TPSA) is 74.3 Å². The third-order valence-corrected chi connectivity index (χ3v) is 5.55. The highest BCUT2D eigenvalue weighted by Crippen LogP contribution is 2.27. The molecule has 8 heteroatoms. The largest absolute Gasteiger partial charge is 0.333 e. The summed E-state index contributed by atoms with van der Waals surface area (Å²) in [4.78, 5) is 30.6. The minimum absolute atomic E-state index is 0.0296. The molecule has 6 nitrogen and oxygen atoms in total. The van der Waals surface area contributed by atoms with Gasteiger partial charge in [0.2, 0.25) is 5.91 Å². The highest BCUT2D eigenvalue weighted by Gasteiger charge is 2.31. The zero-order valence-electron chi connectivity index (χ0n) is 14.5. The molecule has 2 aromatic carbocycles. The number of hydrogen-bond donors (Lipinski definition) is 2. The predicted octanol–water partition coefficient (Wildman–Crippen LogP) is 4.19. The summed E-state index contributed by atoms with van der Waals surface area (Å²) in [6.07, 6.45) is 0.259. The van der Waals surface area contributed by atoms with Crippen molar-refractivity contribution in [2.75, 3.05) is 16.8 Å². The van der Waals surface area contributed by atoms with Crippen molar-refractivity contribution in [1.82, 2.24) is 10.3 Å². The number of fused-ring (bicyclic) bond motifs is 1. The molecule has 0 aliphatic carbocycles. The van der Waals surface area contributed by atoms with Crippen LogP contribution >= 0.6 is 22.9 Å². The summed E-state index contributed by atoms with van der Waals surface area (Å²) < 4.78 is 1.02. The summed E-state index contributed by atoms with van der Waals surface area (Å²) in [7, 11) is 0. The van der Waals surface area contributed by atoms with Crippen LogP contribution in [0.2, 0.25) is 5.02 Å². The second-order valence-corrected chi connectivity index (χ2v) is 7.94. The first kappa shape index (κ1) is 17.8. The molecule has 0 radical (unpaired) electrons. The third-order valence-electron chi connectivity index (χ3n) is 4.36. The number of anilines is 2. The Kier molecular flexibility index (Phi) is 4.72. The SMILES string of the molecule is Cc1ccc2nc(NC(=O)N[C@@H]3CC(=O)N(c4ccc(Cl)cc4)C3)sc2c1. The van der Waals surface area contributed by atoms with Crippen LogP contribution < -0.4 is 15.5 Å². The highest BCUT2D eigenvalue weighted by atomic mass is 35.5. The van der Waals surface area contributed by atoms with Gasteiger partial charge in [-0.15, -0.1) is 0 Å². The van der Waals surface area contributed by atoms with E-state index in [1.807, 2.05) is 25.1 Å². The monoisotopic (exact) mass is 400 g/mol. The van der Waals surface area contributed by atoms with Crippen molar-refractivity contribution in [3.63, 3.8) is 0 Å². The fraction of sp³-hybridized carbons (Fsp3) is 0.211. The molecule has 138 valence electrons. The van der Waals surface area contributed by atoms with E-state index in [1.54, 1.807) is 29.2 Å². The number of carbonyl (C=O) groups is 2. The van der Waals surface area contributed by atoms with E-state index in [9.17, 15) is 9.59 Å². The van der Waals surface area contributed by atoms with Crippen LogP contribution in [-0.4, -0.2) is 29.5 Å². The molecule has 0 unspecified atom stereocenters. The molecule has 27 heavy (non-hydrogen) atoms. The number of carbonyl (C=O) groups excluding carboxylic acids is 2. The number of aromatic nitrogens is 1. The van der Waals surface area contributed by atoms with E-state index in [0.717, 1.165) is 21.5 Å². The predicted molar refractivity (Wildman–Crippen MR) is 109 cm³/mol. The van der Waals surface area contributed by atoms with Crippen LogP contribution in [0.3, 0.4) is 0 Å². The molecular formula is C19H17ClN4O2S. The highest BCUT2D eigenvalue weighted by molar-refractivity contribution is 7.22. The zero-order valence-corrected chi connectivity index (χ0v) is 16.1. The lowest BCUT2D eigenvalue weighted by Gasteiger charge is -2.17. The second-order valence-electron chi connectivity index (χ2n) is 6.47. The van der Waals surface area contributed by atoms with Crippen molar-refractivity contribution in [2.24, 2.45) is 0 Å². The Morgan fingerprint density at radius 3 is 2.81 bits per heavy atom. The summed E-state index contributed by atoms with van der Waals surface area (Å²) >= 11 is 7.32. The van der Waals surface area contributed by atoms with Crippen LogP contribution in [0.4, 0.5) is 15.6 Å². The third kappa shape index (κ3) is 3.89. The van der Waals surface area contributed by atoms with E-state index >= 15 is 0 Å². The average molecular weight is 401 g/mol. The molecule has 0 bridgehead atoms. The first-order valence-corrected chi connectivity index (χ1v) is 9.68. The van der Waals surface area contributed by atoms with Crippen molar-refractivity contribution < 1.29 is 9.59 Å². The number of urea groups is 1. The lowest BCUT2D eigenvalue weighted by molar-refractivity contribution is -0.117. The minimum atomic E-state index is -0.360. The Labute approximate surface area is 165 Å². The maximum absolute atomic E-state index is 12.3. The van der Waals surface area contributed by atoms with Gasteiger partial charge in [0.15, 0.2) is 5.13 Å². The lowest BCUT2D eigenvalue weighted by Crippen LogP contribution is -2.39. The zero-order chi connectivity index (χ0) is 19.0. The van der Waals surface area contributed by atoms with Crippen molar-refractivity contribution >= 4 is 55.9 Å². The number of halogens is 1. The van der Waals surface area contributed by atoms with E-state index in [2.05, 4.69) is 15.6 Å². The molecule has 1 saturated heterocycles. The molecule has 2 heterocycles. The molecule has 1 aliphatic rings. The number of rotatable bonds is 3. The minimum Gasteiger partial charge on any atom is -0.333 e. The van der Waals surface area contributed by atoms with Crippen molar-refractivity contribution in [3.8, 4) is 0 Å². The van der Waals surface area contributed by atoms with Gasteiger partial charge in [-0.1, -0.05) is 29.0 Å². The quantitative estimate of drug-likeness (QED) is 0.692. The fourth-order valence-electron chi connectivity index (χ4n) is 3.08. The summed E-state index contributed by atoms with van der Waals surface area (Å²) in [5, 5.41) is 6.77. The van der Waals surface area contributed by atoms with Crippen LogP contribution in [0.1, 0.15) is 12.0 Å². The molecule has 1 aliphatic heterocycles. The summed E-state index contributed by atoms with van der Waals surface area (Å²) in [6, 6.07) is 12.4. The number of nitrogens with zero attached hydrogens (tertiary/aromatic N) is 2. The Balaban J connectivity index is 1.39. The Bertz CT molecular complexity index is 1020. The molecule has 3 amide bonds. The number of thiazole rings is 1. The van der Waals surface area contributed by atoms with Gasteiger partial charge in [-0.3, -0.25) is 10.1 Å². The van der Waals surface area contributed by atoms with Crippen LogP contribution in [0.15, 0.2) is 42.5 Å². The van der Waals surface area contributed by atoms with Crippen LogP contribution in [0, 0.1) is 6.92 Å². The number of hydrogen-bond acceptors (Lipinski definition) is 4. The molecule has 0 saturated carbocycles. The lowest BCUT2D eigenvalue weighted by atomic mass is 10.2. The molecule has 3 aromatic rings. The van der Waals surface area contributed by atoms with Crippen LogP contribution in [0.25, 0.3) is 10.2 Å². The first-order valence-electron chi connectivity index (χ1n) is 8.48. The van der Waals surface area contributed by atoms with E-state index in [0.29, 0.717) is 16.7 Å². The van der Waals surface area contributed by atoms with Gasteiger partial charge in [0.1, 0.15) is 0 Å². The van der Waals surface area contributed by atoms with Crippen molar-refractivity contribution in [3.05, 3.63) is 53.1 Å². The molecule has 2 N–H and O–H groups in total. The van der Waals surface area contributed by atoms with Crippen molar-refractivity contribution in [1.29, 1.82) is 0 Å². The molecule has 1 fully saturated rings. The Morgan fingerprint density at radius 2 is 2.04 bits per heavy atom. The number of amides is 3. The van der Waals surface area contributed by atoms with E-state index in [1.165, 1.54) is 11.3 Å². The van der Waals surface area contributed by atoms with Gasteiger partial charge in [0.05, 0.1) is 16.3 Å². The van der Waals surface area contributed by atoms with E-state index in [4.69, 9.17) is 11.6 Å². The van der Waals surface area contributed by atoms with E-state index in [-0.39, 0.29) is 24.4 Å². The number of aryl methyl sites for hydroxylation is 1. The maximum Gasteiger partial charge on any atom is 0.321 e. The number of nitrogens with one attached hydrogen (secondary N) is 2. The number of benzene rings is 2. The molecule has 1 atom stereocenters. The fourth-order valence-corrected chi connectivity index (χ4v) is 4.16. The Morgan fingerprint density at radius 1 is 1.26 bits per heavy atom. The smallest absolute Gasteiger partial charge is 0.321 e.